The molecule has 1 atom stereocenters. The number of nitrogens with zero attached hydrogens (tertiary/aromatic N) is 1. The van der Waals surface area contributed by atoms with Crippen LogP contribution in [0.2, 0.25) is 0 Å². The molecule has 0 spiro atoms. The molecule has 3 heteroatoms. The van der Waals surface area contributed by atoms with Gasteiger partial charge in [-0.2, -0.15) is 0 Å². The van der Waals surface area contributed by atoms with Crippen LogP contribution in [0, 0.1) is 5.82 Å². The van der Waals surface area contributed by atoms with Gasteiger partial charge in [-0.15, -0.1) is 0 Å². The predicted octanol–water partition coefficient (Wildman–Crippen LogP) is 4.95. The lowest BCUT2D eigenvalue weighted by Gasteiger charge is -2.25. The average molecular weight is 313 g/mol. The Bertz CT molecular complexity index is 638. The van der Waals surface area contributed by atoms with Crippen LogP contribution in [0.3, 0.4) is 0 Å². The molecule has 23 heavy (non-hydrogen) atoms. The summed E-state index contributed by atoms with van der Waals surface area (Å²) in [6.07, 6.45) is 2.45. The minimum absolute atomic E-state index is 0.149. The van der Waals surface area contributed by atoms with Crippen LogP contribution < -0.4 is 4.74 Å². The summed E-state index contributed by atoms with van der Waals surface area (Å²) in [5.41, 5.74) is 2.35. The number of benzene rings is 2. The van der Waals surface area contributed by atoms with Gasteiger partial charge in [-0.3, -0.25) is 4.90 Å². The van der Waals surface area contributed by atoms with E-state index in [1.807, 2.05) is 32.0 Å². The summed E-state index contributed by atoms with van der Waals surface area (Å²) in [6, 6.07) is 15.6. The van der Waals surface area contributed by atoms with E-state index in [0.29, 0.717) is 6.04 Å². The van der Waals surface area contributed by atoms with Crippen LogP contribution in [-0.4, -0.2) is 17.5 Å². The number of rotatable bonds is 5. The molecule has 0 bridgehead atoms. The minimum Gasteiger partial charge on any atom is -0.491 e. The van der Waals surface area contributed by atoms with Gasteiger partial charge in [-0.1, -0.05) is 24.3 Å². The van der Waals surface area contributed by atoms with E-state index in [9.17, 15) is 4.39 Å². The SMILES string of the molecule is CC(C)Oc1ccc(CN2CCC[C@@H]2c2cccc(F)c2)cc1. The van der Waals surface area contributed by atoms with Crippen LogP contribution in [0.1, 0.15) is 43.9 Å². The zero-order chi connectivity index (χ0) is 16.2. The third kappa shape index (κ3) is 4.11. The van der Waals surface area contributed by atoms with Crippen molar-refractivity contribution in [3.8, 4) is 5.75 Å². The van der Waals surface area contributed by atoms with E-state index >= 15 is 0 Å². The van der Waals surface area contributed by atoms with Crippen molar-refractivity contribution in [2.24, 2.45) is 0 Å². The van der Waals surface area contributed by atoms with Gasteiger partial charge in [0.05, 0.1) is 6.10 Å². The third-order valence-corrected chi connectivity index (χ3v) is 4.28. The van der Waals surface area contributed by atoms with Crippen molar-refractivity contribution in [1.82, 2.24) is 4.90 Å². The molecule has 1 heterocycles. The van der Waals surface area contributed by atoms with Crippen molar-refractivity contribution < 1.29 is 9.13 Å². The first-order chi connectivity index (χ1) is 11.1. The van der Waals surface area contributed by atoms with Crippen LogP contribution in [0.15, 0.2) is 48.5 Å². The maximum absolute atomic E-state index is 13.5. The molecule has 0 unspecified atom stereocenters. The van der Waals surface area contributed by atoms with E-state index in [0.717, 1.165) is 37.2 Å². The monoisotopic (exact) mass is 313 g/mol. The van der Waals surface area contributed by atoms with Gasteiger partial charge in [0.25, 0.3) is 0 Å². The lowest BCUT2D eigenvalue weighted by Crippen LogP contribution is -2.22. The smallest absolute Gasteiger partial charge is 0.123 e. The van der Waals surface area contributed by atoms with Gasteiger partial charge in [-0.05, 0) is 68.6 Å². The van der Waals surface area contributed by atoms with Gasteiger partial charge in [0, 0.05) is 12.6 Å². The zero-order valence-corrected chi connectivity index (χ0v) is 13.8. The molecule has 0 aliphatic carbocycles. The number of halogens is 1. The fourth-order valence-corrected chi connectivity index (χ4v) is 3.29. The molecular weight excluding hydrogens is 289 g/mol. The maximum Gasteiger partial charge on any atom is 0.123 e. The van der Waals surface area contributed by atoms with Gasteiger partial charge >= 0.3 is 0 Å². The van der Waals surface area contributed by atoms with Crippen LogP contribution in [0.4, 0.5) is 4.39 Å². The first-order valence-corrected chi connectivity index (χ1v) is 8.37. The summed E-state index contributed by atoms with van der Waals surface area (Å²) in [5, 5.41) is 0. The molecule has 0 amide bonds. The van der Waals surface area contributed by atoms with Crippen LogP contribution in [-0.2, 0) is 6.54 Å². The maximum atomic E-state index is 13.5. The molecule has 1 aliphatic heterocycles. The van der Waals surface area contributed by atoms with Crippen molar-refractivity contribution in [1.29, 1.82) is 0 Å². The van der Waals surface area contributed by atoms with Crippen molar-refractivity contribution in [3.63, 3.8) is 0 Å². The Labute approximate surface area is 137 Å². The Morgan fingerprint density at radius 1 is 1.17 bits per heavy atom. The van der Waals surface area contributed by atoms with Crippen LogP contribution in [0.25, 0.3) is 0 Å². The second-order valence-electron chi connectivity index (χ2n) is 6.49. The van der Waals surface area contributed by atoms with E-state index in [-0.39, 0.29) is 11.9 Å². The van der Waals surface area contributed by atoms with Crippen molar-refractivity contribution in [3.05, 3.63) is 65.5 Å². The van der Waals surface area contributed by atoms with Gasteiger partial charge in [0.2, 0.25) is 0 Å². The first kappa shape index (κ1) is 16.0. The Kier molecular flexibility index (Phi) is 4.97. The molecule has 2 aromatic carbocycles. The molecule has 1 saturated heterocycles. The summed E-state index contributed by atoms with van der Waals surface area (Å²) in [7, 11) is 0. The summed E-state index contributed by atoms with van der Waals surface area (Å²) in [5.74, 6) is 0.761. The number of hydrogen-bond donors (Lipinski definition) is 0. The Balaban J connectivity index is 1.69. The standard InChI is InChI=1S/C20H24FNO/c1-15(2)23-19-10-8-16(9-11-19)14-22-12-4-7-20(22)17-5-3-6-18(21)13-17/h3,5-6,8-11,13,15,20H,4,7,12,14H2,1-2H3/t20-/m1/s1. The van der Waals surface area contributed by atoms with Crippen molar-refractivity contribution in [2.45, 2.75) is 45.4 Å². The fourth-order valence-electron chi connectivity index (χ4n) is 3.29. The first-order valence-electron chi connectivity index (χ1n) is 8.37. The molecule has 0 radical (unpaired) electrons. The van der Waals surface area contributed by atoms with Crippen molar-refractivity contribution >= 4 is 0 Å². The highest BCUT2D eigenvalue weighted by Crippen LogP contribution is 2.33. The Morgan fingerprint density at radius 3 is 2.65 bits per heavy atom. The highest BCUT2D eigenvalue weighted by molar-refractivity contribution is 5.28. The molecule has 3 rings (SSSR count). The van der Waals surface area contributed by atoms with E-state index in [1.165, 1.54) is 11.6 Å². The minimum atomic E-state index is -0.149. The summed E-state index contributed by atoms with van der Waals surface area (Å²) in [6.45, 7) is 6.01. The van der Waals surface area contributed by atoms with E-state index in [4.69, 9.17) is 4.74 Å². The van der Waals surface area contributed by atoms with Gasteiger partial charge in [0.1, 0.15) is 11.6 Å². The van der Waals surface area contributed by atoms with E-state index < -0.39 is 0 Å². The van der Waals surface area contributed by atoms with E-state index in [2.05, 4.69) is 17.0 Å². The number of ether oxygens (including phenoxy) is 1. The lowest BCUT2D eigenvalue weighted by atomic mass is 10.0. The van der Waals surface area contributed by atoms with Gasteiger partial charge < -0.3 is 4.74 Å². The normalized spacial score (nSPS) is 18.5. The Hall–Kier alpha value is -1.87. The molecule has 1 fully saturated rings. The predicted molar refractivity (Wildman–Crippen MR) is 91.0 cm³/mol. The zero-order valence-electron chi connectivity index (χ0n) is 13.8. The van der Waals surface area contributed by atoms with Gasteiger partial charge in [-0.25, -0.2) is 4.39 Å². The highest BCUT2D eigenvalue weighted by atomic mass is 19.1. The van der Waals surface area contributed by atoms with Crippen LogP contribution in [0.5, 0.6) is 5.75 Å². The number of likely N-dealkylation sites (tertiary alicyclic amines) is 1. The summed E-state index contributed by atoms with van der Waals surface area (Å²) < 4.78 is 19.2. The summed E-state index contributed by atoms with van der Waals surface area (Å²) >= 11 is 0. The topological polar surface area (TPSA) is 12.5 Å². The highest BCUT2D eigenvalue weighted by Gasteiger charge is 2.26. The molecular formula is C20H24FNO. The second kappa shape index (κ2) is 7.14. The van der Waals surface area contributed by atoms with Crippen LogP contribution >= 0.6 is 0 Å². The molecule has 122 valence electrons. The summed E-state index contributed by atoms with van der Waals surface area (Å²) in [4.78, 5) is 2.44. The molecule has 0 saturated carbocycles. The second-order valence-corrected chi connectivity index (χ2v) is 6.49. The molecule has 2 aromatic rings. The quantitative estimate of drug-likeness (QED) is 0.774. The fraction of sp³-hybridized carbons (Fsp3) is 0.400. The van der Waals surface area contributed by atoms with Gasteiger partial charge in [0.15, 0.2) is 0 Å². The number of hydrogen-bond acceptors (Lipinski definition) is 2. The largest absolute Gasteiger partial charge is 0.491 e. The molecule has 0 aromatic heterocycles. The molecule has 0 N–H and O–H groups in total. The average Bonchev–Trinajstić information content (AvgIpc) is 2.97. The molecule has 2 nitrogen and oxygen atoms in total. The molecule has 1 aliphatic rings. The Morgan fingerprint density at radius 2 is 1.96 bits per heavy atom. The van der Waals surface area contributed by atoms with Crippen molar-refractivity contribution in [2.75, 3.05) is 6.54 Å². The third-order valence-electron chi connectivity index (χ3n) is 4.28. The van der Waals surface area contributed by atoms with E-state index in [1.54, 1.807) is 12.1 Å². The lowest BCUT2D eigenvalue weighted by molar-refractivity contribution is 0.240.